The molecule has 5 heteroatoms. The van der Waals surface area contributed by atoms with Crippen LogP contribution in [-0.4, -0.2) is 27.5 Å². The highest BCUT2D eigenvalue weighted by atomic mass is 16.5. The predicted octanol–water partition coefficient (Wildman–Crippen LogP) is 3.84. The Morgan fingerprint density at radius 2 is 2.04 bits per heavy atom. The van der Waals surface area contributed by atoms with Gasteiger partial charge in [-0.15, -0.1) is 0 Å². The zero-order valence-electron chi connectivity index (χ0n) is 14.0. The Bertz CT molecular complexity index is 673. The predicted molar refractivity (Wildman–Crippen MR) is 87.5 cm³/mol. The van der Waals surface area contributed by atoms with Crippen LogP contribution in [-0.2, 0) is 4.79 Å². The zero-order valence-corrected chi connectivity index (χ0v) is 14.0. The second-order valence-electron chi connectivity index (χ2n) is 7.30. The molecule has 1 saturated heterocycles. The normalized spacial score (nSPS) is 18.4. The Morgan fingerprint density at radius 1 is 1.30 bits per heavy atom. The molecule has 0 aliphatic carbocycles. The van der Waals surface area contributed by atoms with Crippen LogP contribution in [0.25, 0.3) is 11.4 Å². The van der Waals surface area contributed by atoms with Gasteiger partial charge in [-0.05, 0) is 18.3 Å². The van der Waals surface area contributed by atoms with Crippen molar-refractivity contribution in [1.82, 2.24) is 15.0 Å². The maximum absolute atomic E-state index is 12.6. The number of hydrogen-bond donors (Lipinski definition) is 0. The van der Waals surface area contributed by atoms with Gasteiger partial charge in [0.25, 0.3) is 0 Å². The van der Waals surface area contributed by atoms with Crippen LogP contribution >= 0.6 is 0 Å². The van der Waals surface area contributed by atoms with Gasteiger partial charge in [-0.2, -0.15) is 4.98 Å². The van der Waals surface area contributed by atoms with Crippen LogP contribution in [0.4, 0.5) is 0 Å². The first-order chi connectivity index (χ1) is 10.9. The van der Waals surface area contributed by atoms with Gasteiger partial charge in [0, 0.05) is 18.5 Å². The van der Waals surface area contributed by atoms with Crippen molar-refractivity contribution in [1.29, 1.82) is 0 Å². The highest BCUT2D eigenvalue weighted by molar-refractivity contribution is 5.77. The van der Waals surface area contributed by atoms with Crippen LogP contribution in [0, 0.1) is 5.41 Å². The summed E-state index contributed by atoms with van der Waals surface area (Å²) < 4.78 is 5.46. The molecular weight excluding hydrogens is 290 g/mol. The third-order valence-electron chi connectivity index (χ3n) is 4.01. The summed E-state index contributed by atoms with van der Waals surface area (Å²) in [6, 6.07) is 9.65. The highest BCUT2D eigenvalue weighted by Gasteiger charge is 2.35. The number of amides is 1. The van der Waals surface area contributed by atoms with Gasteiger partial charge in [0.05, 0.1) is 0 Å². The molecule has 0 N–H and O–H groups in total. The number of carbonyl (C=O) groups excluding carboxylic acids is 1. The Hall–Kier alpha value is -2.17. The molecule has 1 amide bonds. The lowest BCUT2D eigenvalue weighted by molar-refractivity contribution is -0.134. The lowest BCUT2D eigenvalue weighted by Crippen LogP contribution is -2.33. The van der Waals surface area contributed by atoms with E-state index < -0.39 is 0 Å². The number of rotatable bonds is 3. The second kappa shape index (κ2) is 6.14. The van der Waals surface area contributed by atoms with Gasteiger partial charge in [-0.3, -0.25) is 4.79 Å². The van der Waals surface area contributed by atoms with E-state index in [0.29, 0.717) is 18.1 Å². The van der Waals surface area contributed by atoms with Crippen LogP contribution in [0.2, 0.25) is 0 Å². The van der Waals surface area contributed by atoms with Crippen molar-refractivity contribution in [3.8, 4) is 11.4 Å². The fraction of sp³-hybridized carbons (Fsp3) is 0.500. The third-order valence-corrected chi connectivity index (χ3v) is 4.01. The van der Waals surface area contributed by atoms with Gasteiger partial charge in [0.1, 0.15) is 6.04 Å². The van der Waals surface area contributed by atoms with E-state index >= 15 is 0 Å². The van der Waals surface area contributed by atoms with Gasteiger partial charge >= 0.3 is 0 Å². The molecule has 0 saturated carbocycles. The van der Waals surface area contributed by atoms with Gasteiger partial charge in [0.2, 0.25) is 17.6 Å². The first-order valence-electron chi connectivity index (χ1n) is 8.12. The molecule has 3 rings (SSSR count). The van der Waals surface area contributed by atoms with Gasteiger partial charge in [-0.1, -0.05) is 56.3 Å². The minimum absolute atomic E-state index is 0.0196. The van der Waals surface area contributed by atoms with E-state index in [2.05, 4.69) is 30.9 Å². The molecule has 0 radical (unpaired) electrons. The number of aromatic nitrogens is 2. The maximum atomic E-state index is 12.6. The third kappa shape index (κ3) is 3.60. The molecule has 1 aliphatic heterocycles. The van der Waals surface area contributed by atoms with E-state index in [1.807, 2.05) is 35.2 Å². The minimum atomic E-state index is -0.0881. The van der Waals surface area contributed by atoms with Crippen LogP contribution in [0.1, 0.15) is 52.0 Å². The van der Waals surface area contributed by atoms with Gasteiger partial charge in [-0.25, -0.2) is 0 Å². The quantitative estimate of drug-likeness (QED) is 0.864. The average Bonchev–Trinajstić information content (AvgIpc) is 3.15. The number of hydrogen-bond acceptors (Lipinski definition) is 4. The highest BCUT2D eigenvalue weighted by Crippen LogP contribution is 2.34. The van der Waals surface area contributed by atoms with Crippen molar-refractivity contribution < 1.29 is 9.32 Å². The first kappa shape index (κ1) is 15.7. The molecule has 2 aromatic rings. The summed E-state index contributed by atoms with van der Waals surface area (Å²) in [6.45, 7) is 7.01. The Morgan fingerprint density at radius 3 is 2.74 bits per heavy atom. The molecule has 0 spiro atoms. The molecular formula is C18H23N3O2. The summed E-state index contributed by atoms with van der Waals surface area (Å²) in [7, 11) is 0. The Kier molecular flexibility index (Phi) is 4.20. The lowest BCUT2D eigenvalue weighted by Gasteiger charge is -2.26. The van der Waals surface area contributed by atoms with Crippen molar-refractivity contribution >= 4 is 5.91 Å². The van der Waals surface area contributed by atoms with Crippen molar-refractivity contribution in [3.63, 3.8) is 0 Å². The Balaban J connectivity index is 1.78. The molecule has 1 atom stereocenters. The van der Waals surface area contributed by atoms with E-state index in [-0.39, 0.29) is 17.4 Å². The van der Waals surface area contributed by atoms with Crippen molar-refractivity contribution in [2.75, 3.05) is 6.54 Å². The van der Waals surface area contributed by atoms with Crippen molar-refractivity contribution in [3.05, 3.63) is 36.2 Å². The fourth-order valence-electron chi connectivity index (χ4n) is 2.95. The number of likely N-dealkylation sites (tertiary alicyclic amines) is 1. The smallest absolute Gasteiger partial charge is 0.249 e. The fourth-order valence-corrected chi connectivity index (χ4v) is 2.95. The molecule has 23 heavy (non-hydrogen) atoms. The topological polar surface area (TPSA) is 59.2 Å². The summed E-state index contributed by atoms with van der Waals surface area (Å²) >= 11 is 0. The van der Waals surface area contributed by atoms with Crippen LogP contribution < -0.4 is 0 Å². The van der Waals surface area contributed by atoms with Crippen molar-refractivity contribution in [2.45, 2.75) is 46.1 Å². The molecule has 0 unspecified atom stereocenters. The molecule has 0 bridgehead atoms. The van der Waals surface area contributed by atoms with E-state index in [0.717, 1.165) is 24.9 Å². The Labute approximate surface area is 136 Å². The molecule has 1 aromatic heterocycles. The van der Waals surface area contributed by atoms with E-state index in [1.54, 1.807) is 0 Å². The van der Waals surface area contributed by atoms with E-state index in [1.165, 1.54) is 0 Å². The van der Waals surface area contributed by atoms with E-state index in [9.17, 15) is 4.79 Å². The molecule has 2 heterocycles. The van der Waals surface area contributed by atoms with Crippen LogP contribution in [0.15, 0.2) is 34.9 Å². The molecule has 5 nitrogen and oxygen atoms in total. The van der Waals surface area contributed by atoms with Crippen LogP contribution in [0.5, 0.6) is 0 Å². The van der Waals surface area contributed by atoms with Gasteiger partial charge < -0.3 is 9.42 Å². The monoisotopic (exact) mass is 313 g/mol. The number of nitrogens with zero attached hydrogens (tertiary/aromatic N) is 3. The number of carbonyl (C=O) groups is 1. The molecule has 1 fully saturated rings. The largest absolute Gasteiger partial charge is 0.337 e. The maximum Gasteiger partial charge on any atom is 0.249 e. The molecule has 122 valence electrons. The number of benzene rings is 1. The first-order valence-corrected chi connectivity index (χ1v) is 8.12. The van der Waals surface area contributed by atoms with Crippen LogP contribution in [0.3, 0.4) is 0 Å². The summed E-state index contributed by atoms with van der Waals surface area (Å²) in [5.74, 6) is 1.29. The van der Waals surface area contributed by atoms with Gasteiger partial charge in [0.15, 0.2) is 0 Å². The summed E-state index contributed by atoms with van der Waals surface area (Å²) in [4.78, 5) is 19.0. The summed E-state index contributed by atoms with van der Waals surface area (Å²) in [5.41, 5.74) is 0.905. The SMILES string of the molecule is CC(C)(C)CC(=O)N1CCC[C@H]1c1nc(-c2ccccc2)no1. The lowest BCUT2D eigenvalue weighted by atomic mass is 9.91. The summed E-state index contributed by atoms with van der Waals surface area (Å²) in [5, 5.41) is 4.08. The molecule has 1 aromatic carbocycles. The standard InChI is InChI=1S/C18H23N3O2/c1-18(2,3)12-15(22)21-11-7-10-14(21)17-19-16(20-23-17)13-8-5-4-6-9-13/h4-6,8-9,14H,7,10-12H2,1-3H3/t14-/m0/s1. The van der Waals surface area contributed by atoms with E-state index in [4.69, 9.17) is 4.52 Å². The zero-order chi connectivity index (χ0) is 16.4. The average molecular weight is 313 g/mol. The summed E-state index contributed by atoms with van der Waals surface area (Å²) in [6.07, 6.45) is 2.39. The minimum Gasteiger partial charge on any atom is -0.337 e. The van der Waals surface area contributed by atoms with Crippen molar-refractivity contribution in [2.24, 2.45) is 5.41 Å². The molecule has 1 aliphatic rings. The second-order valence-corrected chi connectivity index (χ2v) is 7.30.